The number of carbonyl (C=O) groups excluding carboxylic acids is 2. The molecule has 0 aliphatic rings. The van der Waals surface area contributed by atoms with Crippen molar-refractivity contribution in [1.29, 1.82) is 0 Å². The van der Waals surface area contributed by atoms with Crippen molar-refractivity contribution in [2.75, 3.05) is 55.4 Å². The largest absolute Gasteiger partial charge is 0.490 e. The molecule has 0 fully saturated rings. The fraction of sp³-hybridized carbons (Fsp3) is 0.423. The molecule has 2 aromatic heterocycles. The van der Waals surface area contributed by atoms with Crippen LogP contribution < -0.4 is 30.9 Å². The van der Waals surface area contributed by atoms with Crippen LogP contribution in [0.2, 0.25) is 0 Å². The highest BCUT2D eigenvalue weighted by Gasteiger charge is 2.22. The zero-order valence-corrected chi connectivity index (χ0v) is 23.9. The Morgan fingerprint density at radius 3 is 2.44 bits per heavy atom. The van der Waals surface area contributed by atoms with Gasteiger partial charge in [0.2, 0.25) is 17.6 Å². The Morgan fingerprint density at radius 1 is 1.05 bits per heavy atom. The summed E-state index contributed by atoms with van der Waals surface area (Å²) in [7, 11) is 1.60. The molecule has 13 heteroatoms. The van der Waals surface area contributed by atoms with Gasteiger partial charge in [0.05, 0.1) is 7.11 Å². The van der Waals surface area contributed by atoms with E-state index in [9.17, 15) is 9.59 Å². The summed E-state index contributed by atoms with van der Waals surface area (Å²) >= 11 is 1.41. The molecule has 0 unspecified atom stereocenters. The van der Waals surface area contributed by atoms with Gasteiger partial charge in [-0.3, -0.25) is 14.7 Å². The first kappa shape index (κ1) is 29.7. The molecule has 210 valence electrons. The second kappa shape index (κ2) is 14.9. The van der Waals surface area contributed by atoms with Crippen LogP contribution in [-0.2, 0) is 9.59 Å². The maximum atomic E-state index is 11.4. The lowest BCUT2D eigenvalue weighted by atomic mass is 10.3. The second-order valence-corrected chi connectivity index (χ2v) is 9.84. The van der Waals surface area contributed by atoms with Gasteiger partial charge in [0.25, 0.3) is 0 Å². The number of hydrogen-bond acceptors (Lipinski definition) is 10. The standard InChI is InChI=1S/C26H37N9O3S/c1-6-14-35(15-13-27-11-12-28-18(3)36)25-23(38-5)24(30-22-16-17(2)33-34-22)31-26(32-25)39-21-9-7-20(8-10-21)29-19(4)37/h7-10,16,27H,6,11-15H2,1-5H3,(H,28,36)(H,29,37)(H2,30,31,32,33,34). The Bertz CT molecular complexity index is 1230. The van der Waals surface area contributed by atoms with Crippen molar-refractivity contribution in [2.24, 2.45) is 0 Å². The van der Waals surface area contributed by atoms with Crippen molar-refractivity contribution >= 4 is 46.7 Å². The SMILES string of the molecule is CCCN(CCNCCNC(C)=O)c1nc(Sc2ccc(NC(C)=O)cc2)nc(Nc2cc(C)[nH]n2)c1OC. The fourth-order valence-electron chi connectivity index (χ4n) is 3.73. The number of anilines is 4. The molecular weight excluding hydrogens is 518 g/mol. The summed E-state index contributed by atoms with van der Waals surface area (Å²) < 4.78 is 5.83. The topological polar surface area (TPSA) is 149 Å². The van der Waals surface area contributed by atoms with E-state index < -0.39 is 0 Å². The molecule has 39 heavy (non-hydrogen) atoms. The number of aromatic nitrogens is 4. The molecule has 0 spiro atoms. The summed E-state index contributed by atoms with van der Waals surface area (Å²) in [5.41, 5.74) is 1.64. The third kappa shape index (κ3) is 9.45. The van der Waals surface area contributed by atoms with Crippen molar-refractivity contribution in [3.05, 3.63) is 36.0 Å². The zero-order chi connectivity index (χ0) is 28.2. The number of H-pyrrole nitrogens is 1. The molecule has 2 heterocycles. The molecule has 0 aliphatic carbocycles. The van der Waals surface area contributed by atoms with Gasteiger partial charge >= 0.3 is 0 Å². The molecule has 5 N–H and O–H groups in total. The van der Waals surface area contributed by atoms with E-state index in [1.807, 2.05) is 37.3 Å². The lowest BCUT2D eigenvalue weighted by molar-refractivity contribution is -0.119. The molecule has 0 atom stereocenters. The Balaban J connectivity index is 1.89. The van der Waals surface area contributed by atoms with E-state index in [0.717, 1.165) is 29.2 Å². The molecular formula is C26H37N9O3S. The van der Waals surface area contributed by atoms with Gasteiger partial charge in [0.1, 0.15) is 0 Å². The van der Waals surface area contributed by atoms with E-state index in [4.69, 9.17) is 14.7 Å². The smallest absolute Gasteiger partial charge is 0.221 e. The number of carbonyl (C=O) groups is 2. The average Bonchev–Trinajstić information content (AvgIpc) is 3.30. The first-order valence-electron chi connectivity index (χ1n) is 12.8. The van der Waals surface area contributed by atoms with Crippen molar-refractivity contribution in [1.82, 2.24) is 30.8 Å². The lowest BCUT2D eigenvalue weighted by Gasteiger charge is -2.26. The normalized spacial score (nSPS) is 10.7. The summed E-state index contributed by atoms with van der Waals surface area (Å²) in [4.78, 5) is 35.2. The maximum absolute atomic E-state index is 11.4. The Labute approximate surface area is 233 Å². The van der Waals surface area contributed by atoms with Crippen molar-refractivity contribution in [3.63, 3.8) is 0 Å². The van der Waals surface area contributed by atoms with Crippen LogP contribution in [-0.4, -0.2) is 71.8 Å². The van der Waals surface area contributed by atoms with Gasteiger partial charge in [0, 0.05) is 68.9 Å². The van der Waals surface area contributed by atoms with Crippen LogP contribution in [0.4, 0.5) is 23.1 Å². The summed E-state index contributed by atoms with van der Waals surface area (Å²) in [5.74, 6) is 2.15. The van der Waals surface area contributed by atoms with Gasteiger partial charge in [-0.15, -0.1) is 0 Å². The number of rotatable bonds is 15. The summed E-state index contributed by atoms with van der Waals surface area (Å²) in [6.45, 7) is 10.4. The highest BCUT2D eigenvalue weighted by molar-refractivity contribution is 7.99. The van der Waals surface area contributed by atoms with Crippen LogP contribution in [0.25, 0.3) is 0 Å². The molecule has 0 bridgehead atoms. The first-order chi connectivity index (χ1) is 18.8. The van der Waals surface area contributed by atoms with Crippen LogP contribution in [0.1, 0.15) is 32.9 Å². The number of benzene rings is 1. The lowest BCUT2D eigenvalue weighted by Crippen LogP contribution is -2.37. The molecule has 3 aromatic rings. The van der Waals surface area contributed by atoms with Gasteiger partial charge in [-0.25, -0.2) is 9.97 Å². The molecule has 12 nitrogen and oxygen atoms in total. The minimum absolute atomic E-state index is 0.0444. The van der Waals surface area contributed by atoms with Gasteiger partial charge in [-0.1, -0.05) is 6.92 Å². The number of methoxy groups -OCH3 is 1. The molecule has 0 saturated heterocycles. The number of aromatic amines is 1. The Hall–Kier alpha value is -3.84. The van der Waals surface area contributed by atoms with Crippen molar-refractivity contribution in [2.45, 2.75) is 44.2 Å². The number of nitrogens with one attached hydrogen (secondary N) is 5. The van der Waals surface area contributed by atoms with Gasteiger partial charge in [-0.05, 0) is 49.4 Å². The number of aryl methyl sites for hydroxylation is 1. The van der Waals surface area contributed by atoms with E-state index in [-0.39, 0.29) is 11.8 Å². The molecule has 0 aliphatic heterocycles. The highest BCUT2D eigenvalue weighted by Crippen LogP contribution is 2.38. The van der Waals surface area contributed by atoms with E-state index in [1.54, 1.807) is 7.11 Å². The number of amides is 2. The fourth-order valence-corrected chi connectivity index (χ4v) is 4.48. The van der Waals surface area contributed by atoms with Gasteiger partial charge in [0.15, 0.2) is 22.6 Å². The van der Waals surface area contributed by atoms with E-state index in [2.05, 4.69) is 43.3 Å². The number of nitrogens with zero attached hydrogens (tertiary/aromatic N) is 4. The summed E-state index contributed by atoms with van der Waals surface area (Å²) in [6, 6.07) is 9.40. The average molecular weight is 556 g/mol. The molecule has 0 saturated carbocycles. The highest BCUT2D eigenvalue weighted by atomic mass is 32.2. The molecule has 3 rings (SSSR count). The second-order valence-electron chi connectivity index (χ2n) is 8.80. The van der Waals surface area contributed by atoms with Crippen LogP contribution in [0, 0.1) is 6.92 Å². The minimum Gasteiger partial charge on any atom is -0.490 e. The van der Waals surface area contributed by atoms with Crippen molar-refractivity contribution in [3.8, 4) is 5.75 Å². The maximum Gasteiger partial charge on any atom is 0.221 e. The first-order valence-corrected chi connectivity index (χ1v) is 13.6. The third-order valence-corrected chi connectivity index (χ3v) is 6.27. The Kier molecular flexibility index (Phi) is 11.4. The third-order valence-electron chi connectivity index (χ3n) is 5.39. The number of ether oxygens (including phenoxy) is 1. The van der Waals surface area contributed by atoms with Crippen LogP contribution >= 0.6 is 11.8 Å². The van der Waals surface area contributed by atoms with Gasteiger partial charge in [-0.2, -0.15) is 5.10 Å². The van der Waals surface area contributed by atoms with Crippen LogP contribution in [0.3, 0.4) is 0 Å². The predicted octanol–water partition coefficient (Wildman–Crippen LogP) is 3.31. The molecule has 2 amide bonds. The van der Waals surface area contributed by atoms with E-state index in [1.165, 1.54) is 25.6 Å². The van der Waals surface area contributed by atoms with E-state index in [0.29, 0.717) is 54.5 Å². The molecule has 1 aromatic carbocycles. The monoisotopic (exact) mass is 555 g/mol. The summed E-state index contributed by atoms with van der Waals surface area (Å²) in [5, 5.41) is 20.0. The summed E-state index contributed by atoms with van der Waals surface area (Å²) in [6.07, 6.45) is 0.910. The van der Waals surface area contributed by atoms with Crippen molar-refractivity contribution < 1.29 is 14.3 Å². The zero-order valence-electron chi connectivity index (χ0n) is 23.1. The van der Waals surface area contributed by atoms with Crippen LogP contribution in [0.15, 0.2) is 40.4 Å². The number of hydrogen-bond donors (Lipinski definition) is 5. The van der Waals surface area contributed by atoms with E-state index >= 15 is 0 Å². The predicted molar refractivity (Wildman–Crippen MR) is 154 cm³/mol. The van der Waals surface area contributed by atoms with Crippen LogP contribution in [0.5, 0.6) is 5.75 Å². The van der Waals surface area contributed by atoms with Gasteiger partial charge < -0.3 is 30.9 Å². The minimum atomic E-state index is -0.122. The Morgan fingerprint density at radius 2 is 1.82 bits per heavy atom. The molecule has 0 radical (unpaired) electrons. The quantitative estimate of drug-likeness (QED) is 0.140.